The van der Waals surface area contributed by atoms with Gasteiger partial charge in [0, 0.05) is 23.0 Å². The van der Waals surface area contributed by atoms with Gasteiger partial charge in [-0.05, 0) is 101 Å². The molecule has 1 atom stereocenters. The highest BCUT2D eigenvalue weighted by Gasteiger charge is 2.28. The summed E-state index contributed by atoms with van der Waals surface area (Å²) in [5.74, 6) is 1.58. The molecule has 2 aliphatic carbocycles. The number of methoxy groups -OCH3 is 1. The Labute approximate surface area is 214 Å². The van der Waals surface area contributed by atoms with E-state index in [0.717, 1.165) is 48.0 Å². The zero-order valence-electron chi connectivity index (χ0n) is 21.2. The number of anilines is 1. The van der Waals surface area contributed by atoms with Crippen molar-refractivity contribution in [3.8, 4) is 5.75 Å². The third-order valence-electron chi connectivity index (χ3n) is 7.52. The summed E-state index contributed by atoms with van der Waals surface area (Å²) in [7, 11) is 1.65. The fraction of sp³-hybridized carbons (Fsp3) is 0.571. The second-order valence-corrected chi connectivity index (χ2v) is 11.1. The number of fused-ring (bicyclic) bond motifs is 1. The van der Waals surface area contributed by atoms with Crippen molar-refractivity contribution in [2.24, 2.45) is 5.92 Å². The van der Waals surface area contributed by atoms with Crippen LogP contribution in [0.2, 0.25) is 0 Å². The number of ether oxygens (including phenoxy) is 1. The second kappa shape index (κ2) is 12.5. The number of thiazole rings is 1. The van der Waals surface area contributed by atoms with Crippen LogP contribution in [-0.4, -0.2) is 48.1 Å². The Hall–Kier alpha value is -2.38. The molecule has 0 spiro atoms. The molecule has 1 saturated carbocycles. The zero-order valence-corrected chi connectivity index (χ0v) is 22.0. The van der Waals surface area contributed by atoms with E-state index in [4.69, 9.17) is 10.5 Å². The third-order valence-corrected chi connectivity index (χ3v) is 8.47. The first-order valence-corrected chi connectivity index (χ1v) is 14.0. The number of benzene rings is 1. The zero-order chi connectivity index (χ0) is 24.6. The van der Waals surface area contributed by atoms with Gasteiger partial charge in [0.05, 0.1) is 12.8 Å². The van der Waals surface area contributed by atoms with E-state index in [2.05, 4.69) is 22.1 Å². The van der Waals surface area contributed by atoms with Crippen molar-refractivity contribution in [2.75, 3.05) is 25.9 Å². The van der Waals surface area contributed by atoms with Crippen molar-refractivity contribution in [1.29, 1.82) is 0 Å². The number of hydrogen-bond donors (Lipinski definition) is 2. The van der Waals surface area contributed by atoms with Crippen LogP contribution in [0.5, 0.6) is 5.75 Å². The van der Waals surface area contributed by atoms with Gasteiger partial charge < -0.3 is 20.7 Å². The molecule has 1 aromatic carbocycles. The van der Waals surface area contributed by atoms with Gasteiger partial charge >= 0.3 is 0 Å². The Bertz CT molecular complexity index is 979. The summed E-state index contributed by atoms with van der Waals surface area (Å²) in [6.45, 7) is 4.62. The van der Waals surface area contributed by atoms with Gasteiger partial charge in [0.15, 0.2) is 5.13 Å². The molecule has 3 N–H and O–H groups in total. The number of amides is 1. The molecule has 1 amide bonds. The molecule has 6 nitrogen and oxygen atoms in total. The number of nitrogens with one attached hydrogen (secondary N) is 1. The van der Waals surface area contributed by atoms with Gasteiger partial charge in [-0.1, -0.05) is 19.1 Å². The summed E-state index contributed by atoms with van der Waals surface area (Å²) in [6.07, 6.45) is 13.9. The molecule has 1 heterocycles. The molecule has 2 aliphatic rings. The molecule has 0 radical (unpaired) electrons. The maximum atomic E-state index is 12.4. The second-order valence-electron chi connectivity index (χ2n) is 9.98. The first-order chi connectivity index (χ1) is 17.0. The van der Waals surface area contributed by atoms with Gasteiger partial charge in [0.1, 0.15) is 5.75 Å². The highest BCUT2D eigenvalue weighted by molar-refractivity contribution is 7.15. The molecule has 190 valence electrons. The summed E-state index contributed by atoms with van der Waals surface area (Å²) < 4.78 is 5.18. The van der Waals surface area contributed by atoms with E-state index in [9.17, 15) is 4.79 Å². The highest BCUT2D eigenvalue weighted by atomic mass is 32.1. The van der Waals surface area contributed by atoms with Gasteiger partial charge in [-0.3, -0.25) is 4.79 Å². The first kappa shape index (κ1) is 25.7. The number of nitrogens with two attached hydrogens (primary N) is 1. The Morgan fingerprint density at radius 1 is 1.20 bits per heavy atom. The van der Waals surface area contributed by atoms with Crippen molar-refractivity contribution >= 4 is 28.5 Å². The van der Waals surface area contributed by atoms with Gasteiger partial charge in [-0.15, -0.1) is 11.3 Å². The highest BCUT2D eigenvalue weighted by Crippen LogP contribution is 2.32. The van der Waals surface area contributed by atoms with E-state index in [-0.39, 0.29) is 5.91 Å². The summed E-state index contributed by atoms with van der Waals surface area (Å²) in [5, 5.41) is 3.92. The Kier molecular flexibility index (Phi) is 9.21. The number of rotatable bonds is 10. The van der Waals surface area contributed by atoms with E-state index < -0.39 is 0 Å². The van der Waals surface area contributed by atoms with E-state index in [1.165, 1.54) is 55.8 Å². The van der Waals surface area contributed by atoms with Gasteiger partial charge in [-0.25, -0.2) is 4.98 Å². The maximum absolute atomic E-state index is 12.4. The summed E-state index contributed by atoms with van der Waals surface area (Å²) in [4.78, 5) is 21.0. The van der Waals surface area contributed by atoms with E-state index in [1.54, 1.807) is 24.5 Å². The van der Waals surface area contributed by atoms with Crippen molar-refractivity contribution in [2.45, 2.75) is 76.8 Å². The minimum Gasteiger partial charge on any atom is -0.497 e. The van der Waals surface area contributed by atoms with Crippen molar-refractivity contribution in [3.05, 3.63) is 46.5 Å². The average molecular weight is 497 g/mol. The number of aromatic nitrogens is 1. The summed E-state index contributed by atoms with van der Waals surface area (Å²) in [5.41, 5.74) is 8.18. The molecule has 7 heteroatoms. The number of nitrogens with zero attached hydrogens (tertiary/aromatic N) is 2. The van der Waals surface area contributed by atoms with E-state index >= 15 is 0 Å². The molecular weight excluding hydrogens is 456 g/mol. The van der Waals surface area contributed by atoms with Crippen LogP contribution in [0.3, 0.4) is 0 Å². The van der Waals surface area contributed by atoms with Gasteiger partial charge in [0.2, 0.25) is 5.91 Å². The molecule has 1 aromatic heterocycles. The molecule has 0 bridgehead atoms. The lowest BCUT2D eigenvalue weighted by molar-refractivity contribution is -0.117. The molecule has 35 heavy (non-hydrogen) atoms. The Morgan fingerprint density at radius 2 is 1.97 bits per heavy atom. The Balaban J connectivity index is 1.19. The van der Waals surface area contributed by atoms with Crippen molar-refractivity contribution in [1.82, 2.24) is 15.2 Å². The maximum Gasteiger partial charge on any atom is 0.244 e. The summed E-state index contributed by atoms with van der Waals surface area (Å²) >= 11 is 1.68. The quantitative estimate of drug-likeness (QED) is 0.448. The fourth-order valence-electron chi connectivity index (χ4n) is 5.53. The average Bonchev–Trinajstić information content (AvgIpc) is 3.25. The van der Waals surface area contributed by atoms with Crippen LogP contribution in [0.1, 0.15) is 68.0 Å². The molecule has 2 aromatic rings. The number of carbonyl (C=O) groups is 1. The van der Waals surface area contributed by atoms with Crippen LogP contribution < -0.4 is 15.8 Å². The number of nitrogen functional groups attached to an aromatic ring is 1. The molecule has 1 fully saturated rings. The predicted molar refractivity (Wildman–Crippen MR) is 145 cm³/mol. The molecule has 0 saturated heterocycles. The van der Waals surface area contributed by atoms with Crippen LogP contribution in [0.4, 0.5) is 5.13 Å². The molecule has 4 rings (SSSR count). The number of hydrogen-bond acceptors (Lipinski definition) is 6. The van der Waals surface area contributed by atoms with Crippen molar-refractivity contribution < 1.29 is 9.53 Å². The lowest BCUT2D eigenvalue weighted by atomic mass is 9.83. The third kappa shape index (κ3) is 7.31. The predicted octanol–water partition coefficient (Wildman–Crippen LogP) is 5.08. The molecule has 0 aliphatic heterocycles. The lowest BCUT2D eigenvalue weighted by Gasteiger charge is -2.36. The lowest BCUT2D eigenvalue weighted by Crippen LogP contribution is -2.41. The molecule has 0 unspecified atom stereocenters. The topological polar surface area (TPSA) is 80.5 Å². The minimum absolute atomic E-state index is 0.00115. The van der Waals surface area contributed by atoms with Crippen molar-refractivity contribution in [3.63, 3.8) is 0 Å². The smallest absolute Gasteiger partial charge is 0.244 e. The summed E-state index contributed by atoms with van der Waals surface area (Å²) in [6, 6.07) is 8.63. The monoisotopic (exact) mass is 496 g/mol. The normalized spacial score (nSPS) is 22.3. The first-order valence-electron chi connectivity index (χ1n) is 13.1. The molecular formula is C28H40N4O2S. The van der Waals surface area contributed by atoms with Crippen LogP contribution in [0.15, 0.2) is 30.3 Å². The standard InChI is InChI=1S/C28H40N4O2S/c1-3-17-32(23-11-14-25-26(19-23)35-28(29)31-25)18-16-21-4-9-22(10-5-21)30-27(33)15-8-20-6-12-24(34-2)13-7-20/h6-8,12-13,15,21-23H,3-5,9-11,14,16-19H2,1-2H3,(H2,29,31)(H,30,33)/b15-8+/t21?,22?,23-/m0/s1. The van der Waals surface area contributed by atoms with Crippen LogP contribution in [0.25, 0.3) is 6.08 Å². The minimum atomic E-state index is -0.00115. The Morgan fingerprint density at radius 3 is 2.69 bits per heavy atom. The van der Waals surface area contributed by atoms with Crippen LogP contribution in [-0.2, 0) is 17.6 Å². The largest absolute Gasteiger partial charge is 0.497 e. The number of carbonyl (C=O) groups excluding carboxylic acids is 1. The van der Waals surface area contributed by atoms with Gasteiger partial charge in [-0.2, -0.15) is 0 Å². The van der Waals surface area contributed by atoms with Crippen LogP contribution in [0, 0.1) is 5.92 Å². The van der Waals surface area contributed by atoms with E-state index in [1.807, 2.05) is 30.3 Å². The van der Waals surface area contributed by atoms with Crippen LogP contribution >= 0.6 is 11.3 Å². The fourth-order valence-corrected chi connectivity index (χ4v) is 6.48. The SMILES string of the molecule is CCCN(CCC1CCC(NC(=O)/C=C/c2ccc(OC)cc2)CC1)[C@H]1CCc2nc(N)sc2C1. The van der Waals surface area contributed by atoms with Gasteiger partial charge in [0.25, 0.3) is 0 Å². The number of aryl methyl sites for hydroxylation is 1. The van der Waals surface area contributed by atoms with E-state index in [0.29, 0.717) is 12.1 Å².